The summed E-state index contributed by atoms with van der Waals surface area (Å²) < 4.78 is 33.5. The van der Waals surface area contributed by atoms with Gasteiger partial charge in [-0.1, -0.05) is 17.7 Å². The van der Waals surface area contributed by atoms with E-state index < -0.39 is 16.1 Å². The van der Waals surface area contributed by atoms with E-state index in [0.29, 0.717) is 12.2 Å². The predicted molar refractivity (Wildman–Crippen MR) is 90.9 cm³/mol. The molecule has 1 aromatic carbocycles. The third kappa shape index (κ3) is 3.90. The first-order valence-corrected chi connectivity index (χ1v) is 9.04. The van der Waals surface area contributed by atoms with Gasteiger partial charge in [-0.05, 0) is 55.3 Å². The molecule has 6 heteroatoms. The van der Waals surface area contributed by atoms with Crippen LogP contribution in [-0.2, 0) is 16.4 Å². The molecule has 0 aliphatic rings. The van der Waals surface area contributed by atoms with Gasteiger partial charge in [-0.15, -0.1) is 0 Å². The highest BCUT2D eigenvalue weighted by Gasteiger charge is 2.23. The van der Waals surface area contributed by atoms with Crippen LogP contribution in [0.15, 0.2) is 76.5 Å². The average molecular weight is 342 g/mol. The summed E-state index contributed by atoms with van der Waals surface area (Å²) in [5.41, 5.74) is 1.98. The van der Waals surface area contributed by atoms with Crippen LogP contribution in [0.25, 0.3) is 0 Å². The van der Waals surface area contributed by atoms with Crippen LogP contribution >= 0.6 is 0 Å². The van der Waals surface area contributed by atoms with Crippen molar-refractivity contribution in [2.45, 2.75) is 24.3 Å². The van der Waals surface area contributed by atoms with E-state index in [0.717, 1.165) is 11.1 Å². The van der Waals surface area contributed by atoms with Crippen LogP contribution in [0.5, 0.6) is 0 Å². The number of hydrogen-bond donors (Lipinski definition) is 1. The predicted octanol–water partition coefficient (Wildman–Crippen LogP) is 3.25. The van der Waals surface area contributed by atoms with Gasteiger partial charge >= 0.3 is 0 Å². The van der Waals surface area contributed by atoms with Gasteiger partial charge in [-0.25, -0.2) is 13.1 Å². The van der Waals surface area contributed by atoms with Crippen molar-refractivity contribution in [3.05, 3.63) is 84.1 Å². The molecule has 3 rings (SSSR count). The van der Waals surface area contributed by atoms with E-state index in [1.807, 2.05) is 19.1 Å². The molecule has 0 aliphatic carbocycles. The molecule has 0 fully saturated rings. The Kier molecular flexibility index (Phi) is 4.78. The Morgan fingerprint density at radius 2 is 1.79 bits per heavy atom. The van der Waals surface area contributed by atoms with Crippen LogP contribution in [0, 0.1) is 6.92 Å². The van der Waals surface area contributed by atoms with Crippen LogP contribution in [0.2, 0.25) is 0 Å². The van der Waals surface area contributed by atoms with Gasteiger partial charge in [0.25, 0.3) is 0 Å². The number of rotatable bonds is 6. The number of aromatic nitrogens is 1. The van der Waals surface area contributed by atoms with Crippen LogP contribution < -0.4 is 4.72 Å². The van der Waals surface area contributed by atoms with Crippen molar-refractivity contribution in [1.82, 2.24) is 9.71 Å². The molecule has 0 aliphatic heterocycles. The molecule has 0 radical (unpaired) electrons. The number of hydrogen-bond acceptors (Lipinski definition) is 4. The topological polar surface area (TPSA) is 72.2 Å². The molecule has 2 aromatic heterocycles. The minimum absolute atomic E-state index is 0.236. The molecule has 24 heavy (non-hydrogen) atoms. The van der Waals surface area contributed by atoms with E-state index >= 15 is 0 Å². The van der Waals surface area contributed by atoms with Gasteiger partial charge in [0.05, 0.1) is 17.2 Å². The van der Waals surface area contributed by atoms with Crippen LogP contribution in [0.1, 0.15) is 22.9 Å². The third-order valence-corrected chi connectivity index (χ3v) is 5.19. The SMILES string of the molecule is Cc1ccc(S(=O)(=O)NC(Cc2ccncc2)c2ccco2)cc1. The molecular weight excluding hydrogens is 324 g/mol. The largest absolute Gasteiger partial charge is 0.468 e. The van der Waals surface area contributed by atoms with E-state index in [2.05, 4.69) is 9.71 Å². The summed E-state index contributed by atoms with van der Waals surface area (Å²) in [6.07, 6.45) is 5.38. The van der Waals surface area contributed by atoms with Crippen LogP contribution in [0.3, 0.4) is 0 Å². The molecule has 0 amide bonds. The number of furan rings is 1. The lowest BCUT2D eigenvalue weighted by atomic mass is 10.1. The highest BCUT2D eigenvalue weighted by Crippen LogP contribution is 2.22. The van der Waals surface area contributed by atoms with Gasteiger partial charge < -0.3 is 4.42 Å². The van der Waals surface area contributed by atoms with Crippen molar-refractivity contribution in [3.8, 4) is 0 Å². The van der Waals surface area contributed by atoms with E-state index in [1.165, 1.54) is 6.26 Å². The number of aryl methyl sites for hydroxylation is 1. The van der Waals surface area contributed by atoms with Gasteiger partial charge in [0.1, 0.15) is 5.76 Å². The molecule has 3 aromatic rings. The highest BCUT2D eigenvalue weighted by atomic mass is 32.2. The molecular formula is C18H18N2O3S. The monoisotopic (exact) mass is 342 g/mol. The number of pyridine rings is 1. The van der Waals surface area contributed by atoms with Crippen molar-refractivity contribution in [3.63, 3.8) is 0 Å². The fourth-order valence-corrected chi connectivity index (χ4v) is 3.62. The molecule has 1 unspecified atom stereocenters. The number of nitrogens with one attached hydrogen (secondary N) is 1. The minimum atomic E-state index is -3.65. The van der Waals surface area contributed by atoms with E-state index in [-0.39, 0.29) is 4.90 Å². The molecule has 2 heterocycles. The van der Waals surface area contributed by atoms with Crippen molar-refractivity contribution in [1.29, 1.82) is 0 Å². The first-order valence-electron chi connectivity index (χ1n) is 7.56. The molecule has 0 spiro atoms. The van der Waals surface area contributed by atoms with Crippen LogP contribution in [-0.4, -0.2) is 13.4 Å². The van der Waals surface area contributed by atoms with Gasteiger partial charge in [0, 0.05) is 12.4 Å². The van der Waals surface area contributed by atoms with E-state index in [9.17, 15) is 8.42 Å². The Hall–Kier alpha value is -2.44. The van der Waals surface area contributed by atoms with Gasteiger partial charge in [-0.2, -0.15) is 0 Å². The molecule has 0 saturated heterocycles. The lowest BCUT2D eigenvalue weighted by Gasteiger charge is -2.17. The number of benzene rings is 1. The molecule has 0 bridgehead atoms. The maximum Gasteiger partial charge on any atom is 0.241 e. The Morgan fingerprint density at radius 1 is 1.08 bits per heavy atom. The summed E-state index contributed by atoms with van der Waals surface area (Å²) in [6, 6.07) is 13.5. The Balaban J connectivity index is 1.87. The van der Waals surface area contributed by atoms with E-state index in [4.69, 9.17) is 4.42 Å². The lowest BCUT2D eigenvalue weighted by Crippen LogP contribution is -2.29. The molecule has 1 atom stereocenters. The van der Waals surface area contributed by atoms with Gasteiger partial charge in [-0.3, -0.25) is 4.98 Å². The number of nitrogens with zero attached hydrogens (tertiary/aromatic N) is 1. The van der Waals surface area contributed by atoms with Crippen molar-refractivity contribution in [2.75, 3.05) is 0 Å². The van der Waals surface area contributed by atoms with Gasteiger partial charge in [0.15, 0.2) is 0 Å². The van der Waals surface area contributed by atoms with E-state index in [1.54, 1.807) is 48.8 Å². The molecule has 0 saturated carbocycles. The normalized spacial score (nSPS) is 12.9. The summed E-state index contributed by atoms with van der Waals surface area (Å²) in [5.74, 6) is 0.572. The summed E-state index contributed by atoms with van der Waals surface area (Å²) in [4.78, 5) is 4.22. The Bertz CT molecular complexity index is 874. The zero-order valence-electron chi connectivity index (χ0n) is 13.2. The lowest BCUT2D eigenvalue weighted by molar-refractivity contribution is 0.442. The first-order chi connectivity index (χ1) is 11.5. The Labute approximate surface area is 141 Å². The fraction of sp³-hybridized carbons (Fsp3) is 0.167. The second-order valence-corrected chi connectivity index (χ2v) is 7.28. The second-order valence-electron chi connectivity index (χ2n) is 5.56. The van der Waals surface area contributed by atoms with Crippen LogP contribution in [0.4, 0.5) is 0 Å². The quantitative estimate of drug-likeness (QED) is 0.746. The summed E-state index contributed by atoms with van der Waals surface area (Å²) in [7, 11) is -3.65. The maximum absolute atomic E-state index is 12.7. The van der Waals surface area contributed by atoms with Crippen molar-refractivity contribution < 1.29 is 12.8 Å². The first kappa shape index (κ1) is 16.4. The highest BCUT2D eigenvalue weighted by molar-refractivity contribution is 7.89. The molecule has 1 N–H and O–H groups in total. The summed E-state index contributed by atoms with van der Waals surface area (Å²) in [6.45, 7) is 1.92. The van der Waals surface area contributed by atoms with Crippen molar-refractivity contribution in [2.24, 2.45) is 0 Å². The molecule has 124 valence electrons. The zero-order chi connectivity index (χ0) is 17.0. The second kappa shape index (κ2) is 6.98. The average Bonchev–Trinajstić information content (AvgIpc) is 3.10. The number of sulfonamides is 1. The molecule has 5 nitrogen and oxygen atoms in total. The fourth-order valence-electron chi connectivity index (χ4n) is 2.42. The van der Waals surface area contributed by atoms with Crippen molar-refractivity contribution >= 4 is 10.0 Å². The zero-order valence-corrected chi connectivity index (χ0v) is 14.0. The maximum atomic E-state index is 12.7. The summed E-state index contributed by atoms with van der Waals surface area (Å²) >= 11 is 0. The standard InChI is InChI=1S/C18H18N2O3S/c1-14-4-6-16(7-5-14)24(21,22)20-17(18-3-2-12-23-18)13-15-8-10-19-11-9-15/h2-12,17,20H,13H2,1H3. The van der Waals surface area contributed by atoms with Gasteiger partial charge in [0.2, 0.25) is 10.0 Å². The Morgan fingerprint density at radius 3 is 2.42 bits per heavy atom. The minimum Gasteiger partial charge on any atom is -0.468 e. The smallest absolute Gasteiger partial charge is 0.241 e. The third-order valence-electron chi connectivity index (χ3n) is 3.70. The summed E-state index contributed by atoms with van der Waals surface area (Å²) in [5, 5.41) is 0.